The molecule has 0 saturated heterocycles. The van der Waals surface area contributed by atoms with Gasteiger partial charge in [0.05, 0.1) is 7.11 Å². The van der Waals surface area contributed by atoms with E-state index in [9.17, 15) is 4.79 Å². The number of carbonyl (C=O) groups is 1. The second kappa shape index (κ2) is 10.2. The van der Waals surface area contributed by atoms with Crippen molar-refractivity contribution in [3.8, 4) is 17.1 Å². The van der Waals surface area contributed by atoms with E-state index in [1.807, 2.05) is 30.3 Å². The molecule has 0 amide bonds. The molecule has 0 bridgehead atoms. The van der Waals surface area contributed by atoms with Gasteiger partial charge in [-0.15, -0.1) is 41.0 Å². The average Bonchev–Trinajstić information content (AvgIpc) is 2.64. The Balaban J connectivity index is 0.000000252. The molecule has 0 atom stereocenters. The fourth-order valence-corrected chi connectivity index (χ4v) is 1.61. The monoisotopic (exact) mass is 503 g/mol. The van der Waals surface area contributed by atoms with Gasteiger partial charge in [0.2, 0.25) is 5.88 Å². The standard InChI is InChI=1S/C11H9N2O.C6H5NO2.Pt/c1-14-11-8-7-10(12-13-11)9-5-3-2-4-6-9;8-6(9)5-3-1-2-4-7-5;/h2-5,7-8H,1H3;1-4H,(H,8,9);/q-1;;. The van der Waals surface area contributed by atoms with Gasteiger partial charge in [0.25, 0.3) is 0 Å². The third kappa shape index (κ3) is 5.89. The summed E-state index contributed by atoms with van der Waals surface area (Å²) in [5.74, 6) is -0.472. The molecule has 3 aromatic rings. The van der Waals surface area contributed by atoms with E-state index < -0.39 is 5.97 Å². The minimum absolute atomic E-state index is 0. The summed E-state index contributed by atoms with van der Waals surface area (Å²) in [7, 11) is 1.57. The molecular weight excluding hydrogens is 489 g/mol. The number of carboxylic acids is 1. The molecule has 1 aromatic carbocycles. The summed E-state index contributed by atoms with van der Waals surface area (Å²) in [6.07, 6.45) is 1.45. The second-order valence-corrected chi connectivity index (χ2v) is 4.26. The van der Waals surface area contributed by atoms with Crippen molar-refractivity contribution in [3.63, 3.8) is 0 Å². The van der Waals surface area contributed by atoms with Crippen LogP contribution in [0.3, 0.4) is 0 Å². The first-order valence-electron chi connectivity index (χ1n) is 6.70. The molecule has 0 fully saturated rings. The molecule has 7 heteroatoms. The van der Waals surface area contributed by atoms with Crippen molar-refractivity contribution >= 4 is 5.97 Å². The van der Waals surface area contributed by atoms with Gasteiger partial charge >= 0.3 is 5.97 Å². The summed E-state index contributed by atoms with van der Waals surface area (Å²) in [5.41, 5.74) is 1.81. The van der Waals surface area contributed by atoms with Gasteiger partial charge in [-0.2, -0.15) is 5.10 Å². The number of pyridine rings is 1. The van der Waals surface area contributed by atoms with E-state index in [1.165, 1.54) is 12.3 Å². The van der Waals surface area contributed by atoms with Crippen molar-refractivity contribution in [1.82, 2.24) is 15.2 Å². The van der Waals surface area contributed by atoms with E-state index in [1.54, 1.807) is 25.3 Å². The zero-order valence-corrected chi connectivity index (χ0v) is 15.0. The Labute approximate surface area is 153 Å². The van der Waals surface area contributed by atoms with Crippen molar-refractivity contribution in [3.05, 3.63) is 72.6 Å². The van der Waals surface area contributed by atoms with E-state index in [2.05, 4.69) is 21.2 Å². The predicted molar refractivity (Wildman–Crippen MR) is 84.1 cm³/mol. The number of hydrogen-bond acceptors (Lipinski definition) is 5. The molecule has 6 nitrogen and oxygen atoms in total. The molecule has 0 saturated carbocycles. The minimum atomic E-state index is -0.990. The van der Waals surface area contributed by atoms with Gasteiger partial charge in [-0.05, 0) is 18.2 Å². The zero-order valence-electron chi connectivity index (χ0n) is 12.7. The number of carboxylic acid groups (broad SMARTS) is 1. The SMILES string of the molecule is COc1ccc(-c2[c-]cccc2)nn1.O=C(O)c1ccccn1.[Pt]. The second-order valence-electron chi connectivity index (χ2n) is 4.26. The topological polar surface area (TPSA) is 85.2 Å². The summed E-state index contributed by atoms with van der Waals surface area (Å²) < 4.78 is 4.92. The first kappa shape index (κ1) is 19.5. The number of methoxy groups -OCH3 is 1. The Morgan fingerprint density at radius 1 is 1.08 bits per heavy atom. The summed E-state index contributed by atoms with van der Waals surface area (Å²) in [4.78, 5) is 13.7. The van der Waals surface area contributed by atoms with Crippen LogP contribution in [0.15, 0.2) is 60.8 Å². The number of nitrogens with zero attached hydrogens (tertiary/aromatic N) is 3. The van der Waals surface area contributed by atoms with Crippen LogP contribution in [0.4, 0.5) is 0 Å². The maximum atomic E-state index is 10.1. The van der Waals surface area contributed by atoms with Crippen LogP contribution in [0.1, 0.15) is 10.5 Å². The first-order valence-corrected chi connectivity index (χ1v) is 6.70. The van der Waals surface area contributed by atoms with Gasteiger partial charge < -0.3 is 9.84 Å². The van der Waals surface area contributed by atoms with Crippen molar-refractivity contribution in [2.75, 3.05) is 7.11 Å². The smallest absolute Gasteiger partial charge is 0.354 e. The fourth-order valence-electron chi connectivity index (χ4n) is 1.61. The summed E-state index contributed by atoms with van der Waals surface area (Å²) in [6.45, 7) is 0. The van der Waals surface area contributed by atoms with Crippen LogP contribution in [0, 0.1) is 6.07 Å². The molecule has 1 N–H and O–H groups in total. The quantitative estimate of drug-likeness (QED) is 0.554. The van der Waals surface area contributed by atoms with Crippen LogP contribution in [0.25, 0.3) is 11.3 Å². The van der Waals surface area contributed by atoms with Crippen molar-refractivity contribution < 1.29 is 35.7 Å². The van der Waals surface area contributed by atoms with E-state index in [0.29, 0.717) is 5.88 Å². The van der Waals surface area contributed by atoms with Gasteiger partial charge in [-0.25, -0.2) is 9.78 Å². The van der Waals surface area contributed by atoms with E-state index in [4.69, 9.17) is 9.84 Å². The molecule has 0 aliphatic heterocycles. The molecule has 2 aromatic heterocycles. The van der Waals surface area contributed by atoms with Crippen molar-refractivity contribution in [2.24, 2.45) is 0 Å². The number of benzene rings is 1. The molecule has 3 rings (SSSR count). The molecule has 0 aliphatic carbocycles. The van der Waals surface area contributed by atoms with Gasteiger partial charge in [-0.1, -0.05) is 12.1 Å². The van der Waals surface area contributed by atoms with Crippen LogP contribution < -0.4 is 4.74 Å². The Morgan fingerprint density at radius 3 is 2.33 bits per heavy atom. The fraction of sp³-hybridized carbons (Fsp3) is 0.0588. The zero-order chi connectivity index (χ0) is 16.5. The van der Waals surface area contributed by atoms with Crippen molar-refractivity contribution in [1.29, 1.82) is 0 Å². The number of aromatic carboxylic acids is 1. The molecule has 2 heterocycles. The molecule has 0 unspecified atom stereocenters. The molecule has 0 spiro atoms. The Hall–Kier alpha value is -2.59. The van der Waals surface area contributed by atoms with Crippen LogP contribution in [0.5, 0.6) is 5.88 Å². The predicted octanol–water partition coefficient (Wildman–Crippen LogP) is 2.73. The third-order valence-electron chi connectivity index (χ3n) is 2.72. The van der Waals surface area contributed by atoms with Gasteiger partial charge in [0.15, 0.2) is 0 Å². The number of rotatable bonds is 3. The van der Waals surface area contributed by atoms with Crippen LogP contribution in [-0.2, 0) is 21.1 Å². The molecule has 126 valence electrons. The van der Waals surface area contributed by atoms with Gasteiger partial charge in [0.1, 0.15) is 5.69 Å². The summed E-state index contributed by atoms with van der Waals surface area (Å²) >= 11 is 0. The van der Waals surface area contributed by atoms with Crippen LogP contribution in [-0.4, -0.2) is 33.4 Å². The molecule has 0 aliphatic rings. The number of ether oxygens (including phenoxy) is 1. The van der Waals surface area contributed by atoms with E-state index in [-0.39, 0.29) is 26.8 Å². The first-order chi connectivity index (χ1) is 11.2. The minimum Gasteiger partial charge on any atom is -0.480 e. The normalized spacial score (nSPS) is 9.04. The third-order valence-corrected chi connectivity index (χ3v) is 2.72. The molecule has 0 radical (unpaired) electrons. The largest absolute Gasteiger partial charge is 0.480 e. The summed E-state index contributed by atoms with van der Waals surface area (Å²) in [6, 6.07) is 19.1. The number of aromatic nitrogens is 3. The Morgan fingerprint density at radius 2 is 1.88 bits per heavy atom. The van der Waals surface area contributed by atoms with E-state index >= 15 is 0 Å². The van der Waals surface area contributed by atoms with Gasteiger partial charge in [-0.3, -0.25) is 0 Å². The van der Waals surface area contributed by atoms with E-state index in [0.717, 1.165) is 11.3 Å². The van der Waals surface area contributed by atoms with Gasteiger partial charge in [0, 0.05) is 33.0 Å². The molecular formula is C17H14N3O3Pt-. The van der Waals surface area contributed by atoms with Crippen LogP contribution in [0.2, 0.25) is 0 Å². The maximum Gasteiger partial charge on any atom is 0.354 e. The van der Waals surface area contributed by atoms with Crippen molar-refractivity contribution in [2.45, 2.75) is 0 Å². The Kier molecular flexibility index (Phi) is 8.30. The average molecular weight is 503 g/mol. The Bertz CT molecular complexity index is 738. The van der Waals surface area contributed by atoms with Crippen LogP contribution >= 0.6 is 0 Å². The summed E-state index contributed by atoms with van der Waals surface area (Å²) in [5, 5.41) is 16.2. The number of hydrogen-bond donors (Lipinski definition) is 1. The maximum absolute atomic E-state index is 10.1. The molecule has 24 heavy (non-hydrogen) atoms.